The number of para-hydroxylation sites is 1. The second-order valence-electron chi connectivity index (χ2n) is 6.38. The van der Waals surface area contributed by atoms with Crippen molar-refractivity contribution in [1.29, 1.82) is 0 Å². The monoisotopic (exact) mass is 389 g/mol. The third-order valence-electron chi connectivity index (χ3n) is 4.19. The fourth-order valence-corrected chi connectivity index (χ4v) is 2.64. The minimum Gasteiger partial charge on any atom is -0.326 e. The van der Waals surface area contributed by atoms with E-state index in [2.05, 4.69) is 10.4 Å². The number of anilines is 1. The number of aryl methyl sites for hydroxylation is 2. The van der Waals surface area contributed by atoms with Crippen LogP contribution in [0.4, 0.5) is 27.6 Å². The summed E-state index contributed by atoms with van der Waals surface area (Å²) >= 11 is 0. The molecule has 0 radical (unpaired) electrons. The standard InChI is InChI=1S/C18H20F5N3O/c1-11(18(21,22)23)7-8-12-5-3-4-6-14(12)24-15(27)9-13-10-26(2)25-16(13)17(19)20/h3-6,10-11,17H,7-9H2,1-2H3,(H,24,27). The average Bonchev–Trinajstić information content (AvgIpc) is 2.93. The van der Waals surface area contributed by atoms with Crippen LogP contribution in [0.5, 0.6) is 0 Å². The van der Waals surface area contributed by atoms with E-state index < -0.39 is 30.1 Å². The maximum absolute atomic E-state index is 13.0. The number of benzene rings is 1. The largest absolute Gasteiger partial charge is 0.391 e. The summed E-state index contributed by atoms with van der Waals surface area (Å²) in [6.07, 6.45) is -6.02. The van der Waals surface area contributed by atoms with Crippen LogP contribution in [0.15, 0.2) is 30.5 Å². The Kier molecular flexibility index (Phi) is 6.56. The van der Waals surface area contributed by atoms with Crippen LogP contribution in [0.1, 0.15) is 36.6 Å². The molecule has 1 heterocycles. The third kappa shape index (κ3) is 5.77. The van der Waals surface area contributed by atoms with Gasteiger partial charge in [0.15, 0.2) is 0 Å². The molecule has 0 fully saturated rings. The topological polar surface area (TPSA) is 46.9 Å². The van der Waals surface area contributed by atoms with Gasteiger partial charge in [0.1, 0.15) is 5.69 Å². The molecule has 0 aliphatic carbocycles. The number of hydrogen-bond donors (Lipinski definition) is 1. The number of aromatic nitrogens is 2. The Morgan fingerprint density at radius 1 is 1.22 bits per heavy atom. The Balaban J connectivity index is 2.06. The van der Waals surface area contributed by atoms with Crippen LogP contribution in [0.2, 0.25) is 0 Å². The highest BCUT2D eigenvalue weighted by molar-refractivity contribution is 5.93. The van der Waals surface area contributed by atoms with Crippen LogP contribution in [-0.2, 0) is 24.7 Å². The molecule has 1 unspecified atom stereocenters. The Bertz CT molecular complexity index is 786. The van der Waals surface area contributed by atoms with Crippen LogP contribution in [0.25, 0.3) is 0 Å². The van der Waals surface area contributed by atoms with Crippen molar-refractivity contribution in [3.05, 3.63) is 47.3 Å². The van der Waals surface area contributed by atoms with Gasteiger partial charge in [-0.2, -0.15) is 18.3 Å². The third-order valence-corrected chi connectivity index (χ3v) is 4.19. The first-order valence-corrected chi connectivity index (χ1v) is 8.33. The van der Waals surface area contributed by atoms with Crippen LogP contribution in [-0.4, -0.2) is 21.9 Å². The van der Waals surface area contributed by atoms with Gasteiger partial charge in [-0.15, -0.1) is 0 Å². The zero-order valence-electron chi connectivity index (χ0n) is 14.9. The van der Waals surface area contributed by atoms with Crippen LogP contribution in [0, 0.1) is 5.92 Å². The van der Waals surface area contributed by atoms with Gasteiger partial charge < -0.3 is 5.32 Å². The number of alkyl halides is 5. The van der Waals surface area contributed by atoms with Gasteiger partial charge in [0.05, 0.1) is 12.3 Å². The van der Waals surface area contributed by atoms with E-state index in [9.17, 15) is 26.7 Å². The summed E-state index contributed by atoms with van der Waals surface area (Å²) in [7, 11) is 1.48. The maximum Gasteiger partial charge on any atom is 0.391 e. The molecule has 1 amide bonds. The highest BCUT2D eigenvalue weighted by Gasteiger charge is 2.35. The lowest BCUT2D eigenvalue weighted by Gasteiger charge is -2.16. The minimum atomic E-state index is -4.27. The molecular formula is C18H20F5N3O. The molecule has 1 aromatic carbocycles. The highest BCUT2D eigenvalue weighted by atomic mass is 19.4. The van der Waals surface area contributed by atoms with Crippen molar-refractivity contribution in [3.8, 4) is 0 Å². The number of carbonyl (C=O) groups is 1. The summed E-state index contributed by atoms with van der Waals surface area (Å²) in [6.45, 7) is 1.11. The molecule has 0 aliphatic heterocycles. The molecule has 0 bridgehead atoms. The number of carbonyl (C=O) groups excluding carboxylic acids is 1. The average molecular weight is 389 g/mol. The summed E-state index contributed by atoms with van der Waals surface area (Å²) in [5, 5.41) is 6.23. The van der Waals surface area contributed by atoms with E-state index in [1.165, 1.54) is 17.9 Å². The molecule has 4 nitrogen and oxygen atoms in total. The van der Waals surface area contributed by atoms with Crippen molar-refractivity contribution in [2.24, 2.45) is 13.0 Å². The first kappa shape index (κ1) is 20.9. The number of halogens is 5. The summed E-state index contributed by atoms with van der Waals surface area (Å²) in [6, 6.07) is 6.51. The molecule has 0 aliphatic rings. The SMILES string of the molecule is CC(CCc1ccccc1NC(=O)Cc1cn(C)nc1C(F)F)C(F)(F)F. The van der Waals surface area contributed by atoms with Crippen molar-refractivity contribution in [2.75, 3.05) is 5.32 Å². The molecule has 2 rings (SSSR count). The van der Waals surface area contributed by atoms with Gasteiger partial charge in [-0.1, -0.05) is 25.1 Å². The maximum atomic E-state index is 13.0. The predicted molar refractivity (Wildman–Crippen MR) is 90.5 cm³/mol. The minimum absolute atomic E-state index is 0.105. The molecule has 1 aromatic heterocycles. The summed E-state index contributed by atoms with van der Waals surface area (Å²) in [5.41, 5.74) is 0.578. The van der Waals surface area contributed by atoms with E-state index in [4.69, 9.17) is 0 Å². The highest BCUT2D eigenvalue weighted by Crippen LogP contribution is 2.30. The lowest BCUT2D eigenvalue weighted by Crippen LogP contribution is -2.21. The molecule has 1 atom stereocenters. The molecule has 0 saturated carbocycles. The van der Waals surface area contributed by atoms with E-state index in [0.717, 1.165) is 6.92 Å². The smallest absolute Gasteiger partial charge is 0.326 e. The van der Waals surface area contributed by atoms with Gasteiger partial charge >= 0.3 is 6.18 Å². The molecular weight excluding hydrogens is 369 g/mol. The van der Waals surface area contributed by atoms with Crippen molar-refractivity contribution in [3.63, 3.8) is 0 Å². The van der Waals surface area contributed by atoms with Crippen molar-refractivity contribution >= 4 is 11.6 Å². The van der Waals surface area contributed by atoms with E-state index in [-0.39, 0.29) is 24.8 Å². The Labute approximate surface area is 153 Å². The fourth-order valence-electron chi connectivity index (χ4n) is 2.64. The van der Waals surface area contributed by atoms with Crippen LogP contribution in [0.3, 0.4) is 0 Å². The van der Waals surface area contributed by atoms with Gasteiger partial charge in [0.2, 0.25) is 5.91 Å². The van der Waals surface area contributed by atoms with Crippen LogP contribution < -0.4 is 5.32 Å². The molecule has 148 valence electrons. The summed E-state index contributed by atoms with van der Waals surface area (Å²) in [5.74, 6) is -2.01. The van der Waals surface area contributed by atoms with E-state index >= 15 is 0 Å². The second kappa shape index (κ2) is 8.49. The number of rotatable bonds is 7. The lowest BCUT2D eigenvalue weighted by molar-refractivity contribution is -0.170. The van der Waals surface area contributed by atoms with Crippen molar-refractivity contribution < 1.29 is 26.7 Å². The number of nitrogens with zero attached hydrogens (tertiary/aromatic N) is 2. The number of hydrogen-bond acceptors (Lipinski definition) is 2. The molecule has 9 heteroatoms. The molecule has 0 saturated heterocycles. The predicted octanol–water partition coefficient (Wildman–Crippen LogP) is 4.67. The fraction of sp³-hybridized carbons (Fsp3) is 0.444. The van der Waals surface area contributed by atoms with Crippen molar-refractivity contribution in [2.45, 2.75) is 38.8 Å². The van der Waals surface area contributed by atoms with Gasteiger partial charge in [-0.25, -0.2) is 8.78 Å². The Hall–Kier alpha value is -2.45. The van der Waals surface area contributed by atoms with E-state index in [1.54, 1.807) is 24.3 Å². The molecule has 1 N–H and O–H groups in total. The Morgan fingerprint density at radius 2 is 1.89 bits per heavy atom. The van der Waals surface area contributed by atoms with E-state index in [1.807, 2.05) is 0 Å². The Morgan fingerprint density at radius 3 is 2.52 bits per heavy atom. The zero-order chi connectivity index (χ0) is 20.2. The molecule has 27 heavy (non-hydrogen) atoms. The van der Waals surface area contributed by atoms with Crippen LogP contribution >= 0.6 is 0 Å². The zero-order valence-corrected chi connectivity index (χ0v) is 14.9. The molecule has 0 spiro atoms. The first-order chi connectivity index (χ1) is 12.6. The summed E-state index contributed by atoms with van der Waals surface area (Å²) < 4.78 is 65.1. The van der Waals surface area contributed by atoms with E-state index in [0.29, 0.717) is 11.3 Å². The van der Waals surface area contributed by atoms with Gasteiger partial charge in [-0.05, 0) is 24.5 Å². The quantitative estimate of drug-likeness (QED) is 0.700. The van der Waals surface area contributed by atoms with Crippen molar-refractivity contribution in [1.82, 2.24) is 9.78 Å². The normalized spacial score (nSPS) is 13.0. The first-order valence-electron chi connectivity index (χ1n) is 8.33. The lowest BCUT2D eigenvalue weighted by atomic mass is 9.99. The number of amides is 1. The van der Waals surface area contributed by atoms with Gasteiger partial charge in [0, 0.05) is 24.5 Å². The number of nitrogens with one attached hydrogen (secondary N) is 1. The molecule has 2 aromatic rings. The van der Waals surface area contributed by atoms with Gasteiger partial charge in [-0.3, -0.25) is 9.48 Å². The van der Waals surface area contributed by atoms with Gasteiger partial charge in [0.25, 0.3) is 6.43 Å². The summed E-state index contributed by atoms with van der Waals surface area (Å²) in [4.78, 5) is 12.2. The second-order valence-corrected chi connectivity index (χ2v) is 6.38.